The molecular formula is C23H26N2O3. The van der Waals surface area contributed by atoms with Crippen LogP contribution in [0, 0.1) is 0 Å². The van der Waals surface area contributed by atoms with E-state index in [1.165, 1.54) is 5.56 Å². The number of carboxylic acid groups (broad SMARTS) is 1. The van der Waals surface area contributed by atoms with Gasteiger partial charge in [-0.25, -0.2) is 4.79 Å². The summed E-state index contributed by atoms with van der Waals surface area (Å²) in [6.07, 6.45) is 2.26. The molecule has 2 aromatic carbocycles. The van der Waals surface area contributed by atoms with Gasteiger partial charge in [0, 0.05) is 35.6 Å². The molecule has 0 fully saturated rings. The smallest absolute Gasteiger partial charge is 0.331 e. The minimum absolute atomic E-state index is 0.0196. The second-order valence-electron chi connectivity index (χ2n) is 8.06. The van der Waals surface area contributed by atoms with E-state index in [0.717, 1.165) is 11.4 Å². The fourth-order valence-corrected chi connectivity index (χ4v) is 3.19. The van der Waals surface area contributed by atoms with E-state index in [-0.39, 0.29) is 11.3 Å². The van der Waals surface area contributed by atoms with E-state index in [2.05, 4.69) is 37.1 Å². The number of carbonyl (C=O) groups excluding carboxylic acids is 1. The Morgan fingerprint density at radius 3 is 2.36 bits per heavy atom. The average molecular weight is 378 g/mol. The molecule has 0 spiro atoms. The van der Waals surface area contributed by atoms with Crippen LogP contribution in [0.3, 0.4) is 0 Å². The van der Waals surface area contributed by atoms with Gasteiger partial charge in [0.25, 0.3) is 5.91 Å². The zero-order valence-electron chi connectivity index (χ0n) is 16.5. The van der Waals surface area contributed by atoms with E-state index in [1.807, 2.05) is 30.3 Å². The predicted molar refractivity (Wildman–Crippen MR) is 112 cm³/mol. The molecule has 1 amide bonds. The number of nitrogens with one attached hydrogen (secondary N) is 1. The molecule has 3 rings (SSSR count). The van der Waals surface area contributed by atoms with Gasteiger partial charge in [0.15, 0.2) is 0 Å². The number of hydrogen-bond acceptors (Lipinski definition) is 3. The Morgan fingerprint density at radius 1 is 1.07 bits per heavy atom. The standard InChI is InChI=1S/C23H26N2O3/c1-23(2,3)18-5-4-6-19(15-18)24-21(26)16-7-9-20(10-8-16)25-13-11-17(12-14-25)22(27)28/h4-11,15H,12-14H2,1-3H3,(H,24,26)(H,27,28). The number of amides is 1. The normalized spacial score (nSPS) is 14.4. The van der Waals surface area contributed by atoms with Crippen molar-refractivity contribution in [1.29, 1.82) is 0 Å². The average Bonchev–Trinajstić information content (AvgIpc) is 2.68. The predicted octanol–water partition coefficient (Wildman–Crippen LogP) is 4.46. The van der Waals surface area contributed by atoms with E-state index in [1.54, 1.807) is 18.2 Å². The largest absolute Gasteiger partial charge is 0.478 e. The molecule has 1 aliphatic rings. The lowest BCUT2D eigenvalue weighted by atomic mass is 9.87. The van der Waals surface area contributed by atoms with Crippen LogP contribution in [0.4, 0.5) is 11.4 Å². The monoisotopic (exact) mass is 378 g/mol. The van der Waals surface area contributed by atoms with Crippen molar-refractivity contribution in [2.75, 3.05) is 23.3 Å². The topological polar surface area (TPSA) is 69.6 Å². The SMILES string of the molecule is CC(C)(C)c1cccc(NC(=O)c2ccc(N3CC=C(C(=O)O)CC3)cc2)c1. The van der Waals surface area contributed by atoms with Crippen LogP contribution in [-0.4, -0.2) is 30.1 Å². The molecule has 1 aliphatic heterocycles. The molecule has 2 N–H and O–H groups in total. The van der Waals surface area contributed by atoms with Crippen LogP contribution in [0.1, 0.15) is 43.1 Å². The van der Waals surface area contributed by atoms with Crippen molar-refractivity contribution >= 4 is 23.3 Å². The molecule has 0 saturated heterocycles. The van der Waals surface area contributed by atoms with Gasteiger partial charge in [-0.05, 0) is 53.8 Å². The van der Waals surface area contributed by atoms with Crippen LogP contribution in [-0.2, 0) is 10.2 Å². The summed E-state index contributed by atoms with van der Waals surface area (Å²) >= 11 is 0. The summed E-state index contributed by atoms with van der Waals surface area (Å²) < 4.78 is 0. The summed E-state index contributed by atoms with van der Waals surface area (Å²) in [7, 11) is 0. The third-order valence-corrected chi connectivity index (χ3v) is 4.96. The van der Waals surface area contributed by atoms with Gasteiger partial charge in [-0.2, -0.15) is 0 Å². The second-order valence-corrected chi connectivity index (χ2v) is 8.06. The highest BCUT2D eigenvalue weighted by Crippen LogP contribution is 2.25. The molecule has 0 aromatic heterocycles. The molecule has 2 aromatic rings. The zero-order chi connectivity index (χ0) is 20.3. The third-order valence-electron chi connectivity index (χ3n) is 4.96. The number of hydrogen-bond donors (Lipinski definition) is 2. The number of rotatable bonds is 4. The number of nitrogens with zero attached hydrogens (tertiary/aromatic N) is 1. The van der Waals surface area contributed by atoms with E-state index in [9.17, 15) is 9.59 Å². The van der Waals surface area contributed by atoms with Gasteiger partial charge in [0.2, 0.25) is 0 Å². The molecular weight excluding hydrogens is 352 g/mol. The highest BCUT2D eigenvalue weighted by Gasteiger charge is 2.17. The van der Waals surface area contributed by atoms with E-state index >= 15 is 0 Å². The Bertz CT molecular complexity index is 908. The quantitative estimate of drug-likeness (QED) is 0.824. The van der Waals surface area contributed by atoms with Crippen LogP contribution < -0.4 is 10.2 Å². The third kappa shape index (κ3) is 4.60. The van der Waals surface area contributed by atoms with Gasteiger partial charge < -0.3 is 15.3 Å². The summed E-state index contributed by atoms with van der Waals surface area (Å²) in [5, 5.41) is 12.0. The van der Waals surface area contributed by atoms with Crippen LogP contribution in [0.25, 0.3) is 0 Å². The molecule has 5 nitrogen and oxygen atoms in total. The van der Waals surface area contributed by atoms with Gasteiger partial charge >= 0.3 is 5.97 Å². The molecule has 0 bridgehead atoms. The Balaban J connectivity index is 1.67. The van der Waals surface area contributed by atoms with Crippen molar-refractivity contribution in [1.82, 2.24) is 0 Å². The second kappa shape index (κ2) is 7.89. The van der Waals surface area contributed by atoms with Crippen molar-refractivity contribution < 1.29 is 14.7 Å². The minimum Gasteiger partial charge on any atom is -0.478 e. The first-order valence-corrected chi connectivity index (χ1v) is 9.43. The maximum absolute atomic E-state index is 12.6. The summed E-state index contributed by atoms with van der Waals surface area (Å²) in [6.45, 7) is 7.64. The van der Waals surface area contributed by atoms with Crippen LogP contribution in [0.5, 0.6) is 0 Å². The number of anilines is 2. The Labute approximate surface area is 165 Å². The first-order valence-electron chi connectivity index (χ1n) is 9.43. The van der Waals surface area contributed by atoms with Crippen LogP contribution in [0.15, 0.2) is 60.2 Å². The van der Waals surface area contributed by atoms with E-state index in [0.29, 0.717) is 30.6 Å². The first kappa shape index (κ1) is 19.7. The Morgan fingerprint density at radius 2 is 1.79 bits per heavy atom. The zero-order valence-corrected chi connectivity index (χ0v) is 16.5. The maximum Gasteiger partial charge on any atom is 0.331 e. The Kier molecular flexibility index (Phi) is 5.54. The van der Waals surface area contributed by atoms with Crippen molar-refractivity contribution in [3.8, 4) is 0 Å². The highest BCUT2D eigenvalue weighted by atomic mass is 16.4. The molecule has 0 unspecified atom stereocenters. The van der Waals surface area contributed by atoms with Crippen molar-refractivity contribution in [2.45, 2.75) is 32.6 Å². The van der Waals surface area contributed by atoms with Gasteiger partial charge in [-0.3, -0.25) is 4.79 Å². The fourth-order valence-electron chi connectivity index (χ4n) is 3.19. The van der Waals surface area contributed by atoms with Gasteiger partial charge in [-0.15, -0.1) is 0 Å². The van der Waals surface area contributed by atoms with Crippen LogP contribution >= 0.6 is 0 Å². The first-order chi connectivity index (χ1) is 13.2. The van der Waals surface area contributed by atoms with Crippen LogP contribution in [0.2, 0.25) is 0 Å². The minimum atomic E-state index is -0.845. The Hall–Kier alpha value is -3.08. The summed E-state index contributed by atoms with van der Waals surface area (Å²) in [5.74, 6) is -0.994. The number of benzene rings is 2. The lowest BCUT2D eigenvalue weighted by Crippen LogP contribution is -2.30. The number of carbonyl (C=O) groups is 2. The number of carboxylic acids is 1. The van der Waals surface area contributed by atoms with Gasteiger partial charge in [-0.1, -0.05) is 39.0 Å². The van der Waals surface area contributed by atoms with Gasteiger partial charge in [0.05, 0.1) is 0 Å². The summed E-state index contributed by atoms with van der Waals surface area (Å²) in [4.78, 5) is 25.7. The molecule has 0 aliphatic carbocycles. The van der Waals surface area contributed by atoms with Gasteiger partial charge in [0.1, 0.15) is 0 Å². The lowest BCUT2D eigenvalue weighted by Gasteiger charge is -2.27. The van der Waals surface area contributed by atoms with Crippen molar-refractivity contribution in [2.24, 2.45) is 0 Å². The fraction of sp³-hybridized carbons (Fsp3) is 0.304. The summed E-state index contributed by atoms with van der Waals surface area (Å²) in [6, 6.07) is 15.3. The lowest BCUT2D eigenvalue weighted by molar-refractivity contribution is -0.132. The highest BCUT2D eigenvalue weighted by molar-refractivity contribution is 6.04. The van der Waals surface area contributed by atoms with Crippen molar-refractivity contribution in [3.63, 3.8) is 0 Å². The molecule has 28 heavy (non-hydrogen) atoms. The molecule has 1 heterocycles. The maximum atomic E-state index is 12.6. The van der Waals surface area contributed by atoms with Crippen molar-refractivity contribution in [3.05, 3.63) is 71.3 Å². The number of aliphatic carboxylic acids is 1. The molecule has 146 valence electrons. The van der Waals surface area contributed by atoms with E-state index < -0.39 is 5.97 Å². The molecule has 0 atom stereocenters. The summed E-state index contributed by atoms with van der Waals surface area (Å²) in [5.41, 5.74) is 4.00. The molecule has 5 heteroatoms. The molecule has 0 saturated carbocycles. The molecule has 0 radical (unpaired) electrons. The van der Waals surface area contributed by atoms with E-state index in [4.69, 9.17) is 5.11 Å².